The molecule has 0 aromatic heterocycles. The molecule has 1 unspecified atom stereocenters. The largest absolute Gasteiger partial charge is 0.481 e. The van der Waals surface area contributed by atoms with Crippen LogP contribution in [-0.4, -0.2) is 62.0 Å². The predicted molar refractivity (Wildman–Crippen MR) is 80.1 cm³/mol. The van der Waals surface area contributed by atoms with Crippen LogP contribution in [0.1, 0.15) is 39.0 Å². The highest BCUT2D eigenvalue weighted by molar-refractivity contribution is 5.79. The van der Waals surface area contributed by atoms with E-state index in [0.29, 0.717) is 12.8 Å². The molecule has 1 atom stereocenters. The summed E-state index contributed by atoms with van der Waals surface area (Å²) in [6.07, 6.45) is -0.536. The van der Waals surface area contributed by atoms with E-state index in [9.17, 15) is 19.2 Å². The molecule has 24 heavy (non-hydrogen) atoms. The van der Waals surface area contributed by atoms with Gasteiger partial charge in [0.2, 0.25) is 0 Å². The summed E-state index contributed by atoms with van der Waals surface area (Å²) in [5, 5.41) is 8.41. The van der Waals surface area contributed by atoms with Crippen molar-refractivity contribution in [1.29, 1.82) is 0 Å². The number of carbonyl (C=O) groups is 4. The van der Waals surface area contributed by atoms with E-state index in [1.165, 1.54) is 14.0 Å². The molecule has 138 valence electrons. The monoisotopic (exact) mass is 348 g/mol. The first-order valence-electron chi connectivity index (χ1n) is 7.59. The molecule has 0 rings (SSSR count). The van der Waals surface area contributed by atoms with Crippen molar-refractivity contribution in [2.24, 2.45) is 0 Å². The Bertz CT molecular complexity index is 419. The fourth-order valence-corrected chi connectivity index (χ4v) is 1.49. The van der Waals surface area contributed by atoms with Gasteiger partial charge in [-0.3, -0.25) is 14.4 Å². The number of carboxylic acid groups (broad SMARTS) is 1. The number of carboxylic acids is 1. The molecule has 0 radical (unpaired) electrons. The van der Waals surface area contributed by atoms with Crippen LogP contribution in [-0.2, 0) is 38.1 Å². The van der Waals surface area contributed by atoms with E-state index in [0.717, 1.165) is 0 Å². The van der Waals surface area contributed by atoms with Crippen LogP contribution in [0.15, 0.2) is 0 Å². The lowest BCUT2D eigenvalue weighted by Crippen LogP contribution is -2.27. The maximum atomic E-state index is 11.5. The molecule has 0 saturated carbocycles. The molecular weight excluding hydrogens is 324 g/mol. The first kappa shape index (κ1) is 21.8. The molecule has 0 fully saturated rings. The van der Waals surface area contributed by atoms with E-state index >= 15 is 0 Å². The van der Waals surface area contributed by atoms with Gasteiger partial charge in [0.25, 0.3) is 0 Å². The summed E-state index contributed by atoms with van der Waals surface area (Å²) >= 11 is 0. The molecule has 0 aromatic carbocycles. The number of hydrogen-bond donors (Lipinski definition) is 1. The fourth-order valence-electron chi connectivity index (χ4n) is 1.49. The summed E-state index contributed by atoms with van der Waals surface area (Å²) in [5.74, 6) is -2.85. The lowest BCUT2D eigenvalue weighted by Gasteiger charge is -2.12. The first-order valence-corrected chi connectivity index (χ1v) is 7.59. The zero-order valence-corrected chi connectivity index (χ0v) is 13.9. The van der Waals surface area contributed by atoms with Crippen molar-refractivity contribution in [2.75, 3.05) is 26.9 Å². The highest BCUT2D eigenvalue weighted by Crippen LogP contribution is 2.03. The van der Waals surface area contributed by atoms with Crippen LogP contribution in [0.5, 0.6) is 0 Å². The summed E-state index contributed by atoms with van der Waals surface area (Å²) in [5.41, 5.74) is 0. The van der Waals surface area contributed by atoms with Gasteiger partial charge in [0.1, 0.15) is 6.61 Å². The van der Waals surface area contributed by atoms with E-state index in [-0.39, 0.29) is 39.1 Å². The molecule has 0 aromatic rings. The van der Waals surface area contributed by atoms with Crippen molar-refractivity contribution in [3.63, 3.8) is 0 Å². The van der Waals surface area contributed by atoms with Gasteiger partial charge in [0.15, 0.2) is 6.10 Å². The molecule has 0 aliphatic heterocycles. The second-order valence-corrected chi connectivity index (χ2v) is 4.86. The van der Waals surface area contributed by atoms with Gasteiger partial charge in [-0.05, 0) is 19.8 Å². The van der Waals surface area contributed by atoms with E-state index in [1.54, 1.807) is 0 Å². The second kappa shape index (κ2) is 13.3. The average Bonchev–Trinajstić information content (AvgIpc) is 2.52. The lowest BCUT2D eigenvalue weighted by molar-refractivity contribution is -0.167. The van der Waals surface area contributed by atoms with Crippen molar-refractivity contribution < 1.29 is 43.2 Å². The quantitative estimate of drug-likeness (QED) is 0.290. The molecule has 0 spiro atoms. The Balaban J connectivity index is 3.69. The van der Waals surface area contributed by atoms with Crippen LogP contribution in [0.3, 0.4) is 0 Å². The Labute approximate surface area is 140 Å². The van der Waals surface area contributed by atoms with Gasteiger partial charge in [0.05, 0.1) is 26.1 Å². The van der Waals surface area contributed by atoms with E-state index in [2.05, 4.69) is 0 Å². The molecule has 9 heteroatoms. The Morgan fingerprint density at radius 2 is 1.58 bits per heavy atom. The molecule has 0 bridgehead atoms. The maximum Gasteiger partial charge on any atom is 0.347 e. The summed E-state index contributed by atoms with van der Waals surface area (Å²) in [7, 11) is 1.47. The van der Waals surface area contributed by atoms with Gasteiger partial charge in [-0.2, -0.15) is 0 Å². The molecule has 0 aliphatic carbocycles. The number of hydrogen-bond acceptors (Lipinski definition) is 8. The highest BCUT2D eigenvalue weighted by atomic mass is 16.6. The van der Waals surface area contributed by atoms with Gasteiger partial charge >= 0.3 is 23.9 Å². The van der Waals surface area contributed by atoms with Crippen molar-refractivity contribution in [1.82, 2.24) is 0 Å². The highest BCUT2D eigenvalue weighted by Gasteiger charge is 2.18. The topological polar surface area (TPSA) is 125 Å². The first-order chi connectivity index (χ1) is 11.4. The summed E-state index contributed by atoms with van der Waals surface area (Å²) in [6, 6.07) is 0. The number of carbonyl (C=O) groups excluding carboxylic acids is 3. The third-order valence-electron chi connectivity index (χ3n) is 2.75. The number of aliphatic carboxylic acids is 1. The minimum absolute atomic E-state index is 0.0718. The van der Waals surface area contributed by atoms with Gasteiger partial charge in [-0.1, -0.05) is 0 Å². The Hall–Kier alpha value is -2.16. The predicted octanol–water partition coefficient (Wildman–Crippen LogP) is 0.686. The van der Waals surface area contributed by atoms with Crippen LogP contribution in [0.25, 0.3) is 0 Å². The van der Waals surface area contributed by atoms with Gasteiger partial charge < -0.3 is 24.1 Å². The SMILES string of the molecule is COCCOC(=O)C(C)OC(=O)CCCCOC(=O)CCC(=O)O. The lowest BCUT2D eigenvalue weighted by atomic mass is 10.2. The zero-order chi connectivity index (χ0) is 18.4. The minimum Gasteiger partial charge on any atom is -0.481 e. The maximum absolute atomic E-state index is 11.5. The van der Waals surface area contributed by atoms with Crippen LogP contribution >= 0.6 is 0 Å². The van der Waals surface area contributed by atoms with Crippen molar-refractivity contribution in [3.8, 4) is 0 Å². The summed E-state index contributed by atoms with van der Waals surface area (Å²) in [4.78, 5) is 44.4. The number of rotatable bonds is 13. The second-order valence-electron chi connectivity index (χ2n) is 4.86. The van der Waals surface area contributed by atoms with E-state index in [1.807, 2.05) is 0 Å². The smallest absolute Gasteiger partial charge is 0.347 e. The summed E-state index contributed by atoms with van der Waals surface area (Å²) < 4.78 is 19.3. The van der Waals surface area contributed by atoms with Crippen LogP contribution in [0.4, 0.5) is 0 Å². The molecule has 0 saturated heterocycles. The van der Waals surface area contributed by atoms with Gasteiger partial charge in [0, 0.05) is 13.5 Å². The molecule has 1 N–H and O–H groups in total. The van der Waals surface area contributed by atoms with Crippen molar-refractivity contribution in [2.45, 2.75) is 45.1 Å². The van der Waals surface area contributed by atoms with Crippen LogP contribution in [0.2, 0.25) is 0 Å². The number of ether oxygens (including phenoxy) is 4. The molecule has 9 nitrogen and oxygen atoms in total. The van der Waals surface area contributed by atoms with Gasteiger partial charge in [-0.25, -0.2) is 4.79 Å². The molecule has 0 amide bonds. The zero-order valence-electron chi connectivity index (χ0n) is 13.9. The molecule has 0 aliphatic rings. The summed E-state index contributed by atoms with van der Waals surface area (Å²) in [6.45, 7) is 1.86. The van der Waals surface area contributed by atoms with Gasteiger partial charge in [-0.15, -0.1) is 0 Å². The Morgan fingerprint density at radius 3 is 2.21 bits per heavy atom. The average molecular weight is 348 g/mol. The van der Waals surface area contributed by atoms with Crippen LogP contribution in [0, 0.1) is 0 Å². The number of methoxy groups -OCH3 is 1. The number of unbranched alkanes of at least 4 members (excludes halogenated alkanes) is 1. The molecule has 0 heterocycles. The van der Waals surface area contributed by atoms with E-state index < -0.39 is 30.0 Å². The van der Waals surface area contributed by atoms with Crippen molar-refractivity contribution >= 4 is 23.9 Å². The van der Waals surface area contributed by atoms with Crippen LogP contribution < -0.4 is 0 Å². The Morgan fingerprint density at radius 1 is 0.875 bits per heavy atom. The number of esters is 3. The fraction of sp³-hybridized carbons (Fsp3) is 0.733. The normalized spacial score (nSPS) is 11.4. The standard InChI is InChI=1S/C15H24O9/c1-11(15(20)23-10-9-21-2)24-14(19)5-3-4-8-22-13(18)7-6-12(16)17/h11H,3-10H2,1-2H3,(H,16,17). The molecular formula is C15H24O9. The Kier molecular flexibility index (Phi) is 12.1. The third kappa shape index (κ3) is 12.4. The van der Waals surface area contributed by atoms with E-state index in [4.69, 9.17) is 24.1 Å². The van der Waals surface area contributed by atoms with Crippen molar-refractivity contribution in [3.05, 3.63) is 0 Å². The third-order valence-corrected chi connectivity index (χ3v) is 2.75. The minimum atomic E-state index is -1.07.